The van der Waals surface area contributed by atoms with Crippen LogP contribution in [-0.4, -0.2) is 25.0 Å². The highest BCUT2D eigenvalue weighted by Crippen LogP contribution is 2.20. The van der Waals surface area contributed by atoms with Gasteiger partial charge in [-0.3, -0.25) is 4.79 Å². The Morgan fingerprint density at radius 1 is 1.21 bits per heavy atom. The standard InChI is InChI=1S/C15H21ClN2O/c1-10-3-4-11(9-14(10)16)15(19)18-13-7-5-12(17-2)6-8-13/h3-4,9,12-13,17H,5-8H2,1-2H3,(H,18,19). The van der Waals surface area contributed by atoms with Crippen LogP contribution in [0.5, 0.6) is 0 Å². The van der Waals surface area contributed by atoms with Crippen molar-refractivity contribution in [3.8, 4) is 0 Å². The highest BCUT2D eigenvalue weighted by atomic mass is 35.5. The van der Waals surface area contributed by atoms with Gasteiger partial charge in [0.25, 0.3) is 5.91 Å². The van der Waals surface area contributed by atoms with E-state index in [1.165, 1.54) is 0 Å². The molecule has 1 aromatic rings. The molecular weight excluding hydrogens is 260 g/mol. The number of carbonyl (C=O) groups is 1. The van der Waals surface area contributed by atoms with Crippen LogP contribution in [0.25, 0.3) is 0 Å². The first-order valence-electron chi connectivity index (χ1n) is 6.84. The van der Waals surface area contributed by atoms with E-state index in [9.17, 15) is 4.79 Å². The largest absolute Gasteiger partial charge is 0.349 e. The second-order valence-electron chi connectivity index (χ2n) is 5.27. The maximum absolute atomic E-state index is 12.1. The van der Waals surface area contributed by atoms with Crippen LogP contribution in [0.15, 0.2) is 18.2 Å². The Kier molecular flexibility index (Phi) is 4.83. The maximum Gasteiger partial charge on any atom is 0.251 e. The van der Waals surface area contributed by atoms with Crippen molar-refractivity contribution in [1.82, 2.24) is 10.6 Å². The summed E-state index contributed by atoms with van der Waals surface area (Å²) in [6, 6.07) is 6.34. The first-order valence-corrected chi connectivity index (χ1v) is 7.22. The van der Waals surface area contributed by atoms with E-state index in [1.807, 2.05) is 26.1 Å². The van der Waals surface area contributed by atoms with Crippen LogP contribution >= 0.6 is 11.6 Å². The van der Waals surface area contributed by atoms with E-state index in [-0.39, 0.29) is 11.9 Å². The Labute approximate surface area is 119 Å². The van der Waals surface area contributed by atoms with Gasteiger partial charge in [0.1, 0.15) is 0 Å². The van der Waals surface area contributed by atoms with Crippen molar-refractivity contribution in [3.63, 3.8) is 0 Å². The molecule has 2 N–H and O–H groups in total. The van der Waals surface area contributed by atoms with E-state index in [0.717, 1.165) is 31.2 Å². The third-order valence-corrected chi connectivity index (χ3v) is 4.31. The van der Waals surface area contributed by atoms with Crippen LogP contribution in [0.1, 0.15) is 41.6 Å². The van der Waals surface area contributed by atoms with E-state index >= 15 is 0 Å². The van der Waals surface area contributed by atoms with Gasteiger partial charge in [0.05, 0.1) is 0 Å². The molecule has 2 rings (SSSR count). The van der Waals surface area contributed by atoms with Crippen molar-refractivity contribution in [2.24, 2.45) is 0 Å². The minimum absolute atomic E-state index is 0.0187. The molecule has 1 aliphatic rings. The normalized spacial score (nSPS) is 23.1. The fourth-order valence-corrected chi connectivity index (χ4v) is 2.71. The Balaban J connectivity index is 1.92. The number of amides is 1. The summed E-state index contributed by atoms with van der Waals surface area (Å²) in [7, 11) is 2.00. The number of nitrogens with one attached hydrogen (secondary N) is 2. The van der Waals surface area contributed by atoms with Gasteiger partial charge in [-0.25, -0.2) is 0 Å². The summed E-state index contributed by atoms with van der Waals surface area (Å²) in [6.07, 6.45) is 4.32. The predicted molar refractivity (Wildman–Crippen MR) is 78.8 cm³/mol. The van der Waals surface area contributed by atoms with E-state index < -0.39 is 0 Å². The Bertz CT molecular complexity index is 453. The quantitative estimate of drug-likeness (QED) is 0.894. The van der Waals surface area contributed by atoms with Gasteiger partial charge in [0, 0.05) is 22.7 Å². The van der Waals surface area contributed by atoms with Crippen molar-refractivity contribution < 1.29 is 4.79 Å². The molecule has 0 radical (unpaired) electrons. The van der Waals surface area contributed by atoms with Crippen molar-refractivity contribution in [2.75, 3.05) is 7.05 Å². The molecule has 0 unspecified atom stereocenters. The third-order valence-electron chi connectivity index (χ3n) is 3.90. The van der Waals surface area contributed by atoms with E-state index in [0.29, 0.717) is 16.6 Å². The molecule has 0 spiro atoms. The van der Waals surface area contributed by atoms with Gasteiger partial charge in [-0.15, -0.1) is 0 Å². The van der Waals surface area contributed by atoms with Crippen LogP contribution in [0.3, 0.4) is 0 Å². The van der Waals surface area contributed by atoms with Gasteiger partial charge in [-0.1, -0.05) is 17.7 Å². The summed E-state index contributed by atoms with van der Waals surface area (Å²) in [5.41, 5.74) is 1.64. The first-order chi connectivity index (χ1) is 9.10. The van der Waals surface area contributed by atoms with E-state index in [1.54, 1.807) is 6.07 Å². The van der Waals surface area contributed by atoms with Crippen LogP contribution in [0, 0.1) is 6.92 Å². The molecule has 0 aliphatic heterocycles. The van der Waals surface area contributed by atoms with Crippen LogP contribution in [0.4, 0.5) is 0 Å². The molecule has 3 nitrogen and oxygen atoms in total. The maximum atomic E-state index is 12.1. The Hall–Kier alpha value is -1.06. The minimum Gasteiger partial charge on any atom is -0.349 e. The summed E-state index contributed by atoms with van der Waals surface area (Å²) in [5.74, 6) is -0.0187. The van der Waals surface area contributed by atoms with Crippen LogP contribution in [-0.2, 0) is 0 Å². The molecule has 19 heavy (non-hydrogen) atoms. The average Bonchev–Trinajstić information content (AvgIpc) is 2.42. The fourth-order valence-electron chi connectivity index (χ4n) is 2.53. The van der Waals surface area contributed by atoms with Crippen molar-refractivity contribution >= 4 is 17.5 Å². The molecule has 1 aliphatic carbocycles. The van der Waals surface area contributed by atoms with Crippen LogP contribution in [0.2, 0.25) is 5.02 Å². The lowest BCUT2D eigenvalue weighted by molar-refractivity contribution is 0.0924. The molecule has 1 fully saturated rings. The van der Waals surface area contributed by atoms with Crippen molar-refractivity contribution in [2.45, 2.75) is 44.7 Å². The average molecular weight is 281 g/mol. The van der Waals surface area contributed by atoms with Crippen LogP contribution < -0.4 is 10.6 Å². The van der Waals surface area contributed by atoms with Gasteiger partial charge in [0.2, 0.25) is 0 Å². The number of carbonyl (C=O) groups excluding carboxylic acids is 1. The minimum atomic E-state index is -0.0187. The number of halogens is 1. The molecule has 0 atom stereocenters. The number of rotatable bonds is 3. The molecule has 1 amide bonds. The zero-order chi connectivity index (χ0) is 13.8. The molecule has 0 saturated heterocycles. The second-order valence-corrected chi connectivity index (χ2v) is 5.68. The third kappa shape index (κ3) is 3.71. The highest BCUT2D eigenvalue weighted by Gasteiger charge is 2.21. The predicted octanol–water partition coefficient (Wildman–Crippen LogP) is 2.91. The van der Waals surface area contributed by atoms with Gasteiger partial charge in [-0.2, -0.15) is 0 Å². The van der Waals surface area contributed by atoms with Gasteiger partial charge in [-0.05, 0) is 57.4 Å². The molecule has 0 bridgehead atoms. The summed E-state index contributed by atoms with van der Waals surface area (Å²) in [5, 5.41) is 7.04. The monoisotopic (exact) mass is 280 g/mol. The molecule has 1 saturated carbocycles. The van der Waals surface area contributed by atoms with Gasteiger partial charge >= 0.3 is 0 Å². The SMILES string of the molecule is CNC1CCC(NC(=O)c2ccc(C)c(Cl)c2)CC1. The number of hydrogen-bond donors (Lipinski definition) is 2. The Morgan fingerprint density at radius 2 is 1.84 bits per heavy atom. The zero-order valence-corrected chi connectivity index (χ0v) is 12.3. The fraction of sp³-hybridized carbons (Fsp3) is 0.533. The van der Waals surface area contributed by atoms with E-state index in [4.69, 9.17) is 11.6 Å². The van der Waals surface area contributed by atoms with Crippen molar-refractivity contribution in [1.29, 1.82) is 0 Å². The topological polar surface area (TPSA) is 41.1 Å². The molecule has 4 heteroatoms. The molecule has 1 aromatic carbocycles. The highest BCUT2D eigenvalue weighted by molar-refractivity contribution is 6.31. The van der Waals surface area contributed by atoms with E-state index in [2.05, 4.69) is 10.6 Å². The Morgan fingerprint density at radius 3 is 2.42 bits per heavy atom. The second kappa shape index (κ2) is 6.40. The molecule has 104 valence electrons. The molecular formula is C15H21ClN2O. The van der Waals surface area contributed by atoms with Gasteiger partial charge in [0.15, 0.2) is 0 Å². The smallest absolute Gasteiger partial charge is 0.251 e. The first kappa shape index (κ1) is 14.4. The number of aryl methyl sites for hydroxylation is 1. The van der Waals surface area contributed by atoms with Gasteiger partial charge < -0.3 is 10.6 Å². The lowest BCUT2D eigenvalue weighted by Crippen LogP contribution is -2.41. The summed E-state index contributed by atoms with van der Waals surface area (Å²) >= 11 is 6.05. The molecule has 0 aromatic heterocycles. The van der Waals surface area contributed by atoms with Crippen molar-refractivity contribution in [3.05, 3.63) is 34.3 Å². The lowest BCUT2D eigenvalue weighted by Gasteiger charge is -2.28. The number of benzene rings is 1. The summed E-state index contributed by atoms with van der Waals surface area (Å²) in [4.78, 5) is 12.1. The summed E-state index contributed by atoms with van der Waals surface area (Å²) < 4.78 is 0. The summed E-state index contributed by atoms with van der Waals surface area (Å²) in [6.45, 7) is 1.93. The number of hydrogen-bond acceptors (Lipinski definition) is 2. The lowest BCUT2D eigenvalue weighted by atomic mass is 9.91. The zero-order valence-electron chi connectivity index (χ0n) is 11.5. The molecule has 0 heterocycles.